The van der Waals surface area contributed by atoms with Crippen molar-refractivity contribution in [1.29, 1.82) is 0 Å². The second kappa shape index (κ2) is 7.41. The fourth-order valence-corrected chi connectivity index (χ4v) is 4.07. The van der Waals surface area contributed by atoms with Gasteiger partial charge in [0.2, 0.25) is 17.7 Å². The van der Waals surface area contributed by atoms with Gasteiger partial charge in [-0.1, -0.05) is 13.3 Å². The molecule has 3 aliphatic rings. The molecule has 0 aromatic rings. The van der Waals surface area contributed by atoms with Crippen LogP contribution in [-0.4, -0.2) is 77.2 Å². The number of rotatable bonds is 5. The first-order valence-corrected chi connectivity index (χ1v) is 9.15. The van der Waals surface area contributed by atoms with E-state index in [1.807, 2.05) is 4.90 Å². The van der Waals surface area contributed by atoms with Crippen LogP contribution in [0.5, 0.6) is 0 Å². The number of hydrogen-bond acceptors (Lipinski definition) is 4. The predicted octanol–water partition coefficient (Wildman–Crippen LogP) is 0.178. The second-order valence-electron chi connectivity index (χ2n) is 7.14. The number of likely N-dealkylation sites (tertiary alicyclic amines) is 2. The number of fused-ring (bicyclic) bond motifs is 1. The van der Waals surface area contributed by atoms with Crippen LogP contribution in [-0.2, 0) is 14.4 Å². The van der Waals surface area contributed by atoms with Crippen molar-refractivity contribution in [2.24, 2.45) is 5.92 Å². The quantitative estimate of drug-likeness (QED) is 0.716. The van der Waals surface area contributed by atoms with Crippen molar-refractivity contribution >= 4 is 23.8 Å². The van der Waals surface area contributed by atoms with Crippen LogP contribution in [0.1, 0.15) is 39.0 Å². The van der Waals surface area contributed by atoms with Crippen molar-refractivity contribution in [3.05, 3.63) is 0 Å². The Kier molecular flexibility index (Phi) is 5.24. The van der Waals surface area contributed by atoms with Crippen LogP contribution < -0.4 is 5.32 Å². The Morgan fingerprint density at radius 2 is 2.04 bits per heavy atom. The van der Waals surface area contributed by atoms with Crippen molar-refractivity contribution < 1.29 is 19.2 Å². The molecule has 3 saturated heterocycles. The molecule has 3 aliphatic heterocycles. The largest absolute Gasteiger partial charge is 0.341 e. The third-order valence-electron chi connectivity index (χ3n) is 5.44. The molecule has 0 unspecified atom stereocenters. The number of hydrogen-bond donors (Lipinski definition) is 1. The Hall–Kier alpha value is -2.12. The zero-order chi connectivity index (χ0) is 18.0. The number of nitrogens with one attached hydrogen (secondary N) is 1. The van der Waals surface area contributed by atoms with Crippen LogP contribution in [0.15, 0.2) is 0 Å². The van der Waals surface area contributed by atoms with Crippen LogP contribution >= 0.6 is 0 Å². The normalized spacial score (nSPS) is 26.8. The summed E-state index contributed by atoms with van der Waals surface area (Å²) in [6.45, 7) is 4.03. The molecule has 0 spiro atoms. The van der Waals surface area contributed by atoms with Gasteiger partial charge in [-0.3, -0.25) is 19.7 Å². The Balaban J connectivity index is 1.57. The van der Waals surface area contributed by atoms with Crippen LogP contribution in [0.4, 0.5) is 4.79 Å². The number of unbranched alkanes of at least 4 members (excludes halogenated alkanes) is 1. The molecule has 8 nitrogen and oxygen atoms in total. The fraction of sp³-hybridized carbons (Fsp3) is 0.765. The lowest BCUT2D eigenvalue weighted by Crippen LogP contribution is -2.58. The van der Waals surface area contributed by atoms with Gasteiger partial charge in [0.15, 0.2) is 0 Å². The molecule has 0 saturated carbocycles. The standard InChI is InChI=1S/C17H26N4O4/c1-2-3-7-21-13-6-8-19(9-12(13)4-5-15(21)23)16(24)11-20-10-14(22)18-17(20)25/h12-13H,2-11H2,1H3,(H,18,22,25)/t12-,13+/m1/s1. The van der Waals surface area contributed by atoms with Gasteiger partial charge in [0.05, 0.1) is 0 Å². The summed E-state index contributed by atoms with van der Waals surface area (Å²) in [5, 5.41) is 2.18. The molecular weight excluding hydrogens is 324 g/mol. The SMILES string of the molecule is CCCCN1C(=O)CC[C@@H]2CN(C(=O)CN3CC(=O)NC3=O)CC[C@@H]21. The second-order valence-corrected chi connectivity index (χ2v) is 7.14. The number of piperidine rings is 2. The summed E-state index contributed by atoms with van der Waals surface area (Å²) < 4.78 is 0. The van der Waals surface area contributed by atoms with E-state index in [2.05, 4.69) is 12.2 Å². The maximum Gasteiger partial charge on any atom is 0.325 e. The van der Waals surface area contributed by atoms with Crippen molar-refractivity contribution in [3.63, 3.8) is 0 Å². The number of imide groups is 1. The molecule has 0 aromatic carbocycles. The molecule has 3 heterocycles. The molecule has 3 rings (SSSR count). The lowest BCUT2D eigenvalue weighted by Gasteiger charge is -2.47. The van der Waals surface area contributed by atoms with Gasteiger partial charge >= 0.3 is 6.03 Å². The van der Waals surface area contributed by atoms with Gasteiger partial charge in [0.25, 0.3) is 0 Å². The molecule has 3 fully saturated rings. The average molecular weight is 350 g/mol. The lowest BCUT2D eigenvalue weighted by molar-refractivity contribution is -0.144. The molecule has 2 atom stereocenters. The van der Waals surface area contributed by atoms with E-state index in [4.69, 9.17) is 0 Å². The molecule has 1 N–H and O–H groups in total. The van der Waals surface area contributed by atoms with Crippen LogP contribution in [0, 0.1) is 5.92 Å². The first-order valence-electron chi connectivity index (χ1n) is 9.15. The molecular formula is C17H26N4O4. The summed E-state index contributed by atoms with van der Waals surface area (Å²) >= 11 is 0. The van der Waals surface area contributed by atoms with E-state index in [1.54, 1.807) is 4.90 Å². The first-order chi connectivity index (χ1) is 12.0. The van der Waals surface area contributed by atoms with Gasteiger partial charge in [0.1, 0.15) is 13.1 Å². The highest BCUT2D eigenvalue weighted by Crippen LogP contribution is 2.31. The van der Waals surface area contributed by atoms with Crippen molar-refractivity contribution in [1.82, 2.24) is 20.0 Å². The zero-order valence-corrected chi connectivity index (χ0v) is 14.7. The smallest absolute Gasteiger partial charge is 0.325 e. The Bertz CT molecular complexity index is 579. The van der Waals surface area contributed by atoms with Gasteiger partial charge in [-0.15, -0.1) is 0 Å². The summed E-state index contributed by atoms with van der Waals surface area (Å²) in [4.78, 5) is 52.6. The lowest BCUT2D eigenvalue weighted by atomic mass is 9.83. The third kappa shape index (κ3) is 3.77. The highest BCUT2D eigenvalue weighted by atomic mass is 16.2. The van der Waals surface area contributed by atoms with E-state index in [9.17, 15) is 19.2 Å². The molecule has 0 radical (unpaired) electrons. The van der Waals surface area contributed by atoms with E-state index in [-0.39, 0.29) is 36.9 Å². The number of carbonyl (C=O) groups excluding carboxylic acids is 4. The maximum atomic E-state index is 12.5. The van der Waals surface area contributed by atoms with E-state index < -0.39 is 6.03 Å². The molecule has 25 heavy (non-hydrogen) atoms. The molecule has 8 heteroatoms. The summed E-state index contributed by atoms with van der Waals surface area (Å²) in [6.07, 6.45) is 4.23. The number of amides is 5. The van der Waals surface area contributed by atoms with Gasteiger partial charge in [-0.25, -0.2) is 4.79 Å². The average Bonchev–Trinajstić information content (AvgIpc) is 2.90. The van der Waals surface area contributed by atoms with Crippen LogP contribution in [0.3, 0.4) is 0 Å². The number of carbonyl (C=O) groups is 4. The minimum atomic E-state index is -0.498. The third-order valence-corrected chi connectivity index (χ3v) is 5.44. The van der Waals surface area contributed by atoms with Crippen molar-refractivity contribution in [3.8, 4) is 0 Å². The Morgan fingerprint density at radius 3 is 2.72 bits per heavy atom. The van der Waals surface area contributed by atoms with Gasteiger partial charge < -0.3 is 14.7 Å². The minimum absolute atomic E-state index is 0.0518. The van der Waals surface area contributed by atoms with Crippen LogP contribution in [0.2, 0.25) is 0 Å². The first kappa shape index (κ1) is 17.7. The van der Waals surface area contributed by atoms with Crippen LogP contribution in [0.25, 0.3) is 0 Å². The van der Waals surface area contributed by atoms with E-state index in [0.717, 1.165) is 32.2 Å². The summed E-state index contributed by atoms with van der Waals surface area (Å²) in [5.74, 6) is 0.0530. The zero-order valence-electron chi connectivity index (χ0n) is 14.7. The van der Waals surface area contributed by atoms with E-state index in [1.165, 1.54) is 4.90 Å². The number of nitrogens with zero attached hydrogens (tertiary/aromatic N) is 3. The van der Waals surface area contributed by atoms with E-state index >= 15 is 0 Å². The Labute approximate surface area is 147 Å². The molecule has 0 aliphatic carbocycles. The van der Waals surface area contributed by atoms with Gasteiger partial charge in [-0.05, 0) is 25.2 Å². The molecule has 5 amide bonds. The fourth-order valence-electron chi connectivity index (χ4n) is 4.07. The summed E-state index contributed by atoms with van der Waals surface area (Å²) in [7, 11) is 0. The molecule has 138 valence electrons. The Morgan fingerprint density at radius 1 is 1.24 bits per heavy atom. The van der Waals surface area contributed by atoms with Gasteiger partial charge in [-0.2, -0.15) is 0 Å². The maximum absolute atomic E-state index is 12.5. The monoisotopic (exact) mass is 350 g/mol. The topological polar surface area (TPSA) is 90.0 Å². The highest BCUT2D eigenvalue weighted by molar-refractivity contribution is 6.03. The molecule has 0 aromatic heterocycles. The molecule has 0 bridgehead atoms. The van der Waals surface area contributed by atoms with E-state index in [0.29, 0.717) is 25.4 Å². The van der Waals surface area contributed by atoms with Gasteiger partial charge in [0, 0.05) is 32.1 Å². The predicted molar refractivity (Wildman–Crippen MR) is 89.4 cm³/mol. The highest BCUT2D eigenvalue weighted by Gasteiger charge is 2.40. The van der Waals surface area contributed by atoms with Crippen molar-refractivity contribution in [2.75, 3.05) is 32.7 Å². The number of urea groups is 1. The summed E-state index contributed by atoms with van der Waals surface area (Å²) in [5.41, 5.74) is 0. The van der Waals surface area contributed by atoms with Crippen molar-refractivity contribution in [2.45, 2.75) is 45.1 Å². The minimum Gasteiger partial charge on any atom is -0.341 e. The summed E-state index contributed by atoms with van der Waals surface area (Å²) in [6, 6.07) is -0.268.